The van der Waals surface area contributed by atoms with E-state index in [0.717, 1.165) is 37.9 Å². The van der Waals surface area contributed by atoms with Crippen LogP contribution in [0.15, 0.2) is 12.3 Å². The minimum atomic E-state index is 0.169. The molecule has 0 aliphatic rings. The van der Waals surface area contributed by atoms with E-state index in [2.05, 4.69) is 25.9 Å². The Morgan fingerprint density at radius 2 is 2.16 bits per heavy atom. The van der Waals surface area contributed by atoms with Crippen LogP contribution in [0.4, 0.5) is 0 Å². The van der Waals surface area contributed by atoms with Crippen molar-refractivity contribution < 1.29 is 4.79 Å². The van der Waals surface area contributed by atoms with Crippen molar-refractivity contribution in [1.82, 2.24) is 14.7 Å². The summed E-state index contributed by atoms with van der Waals surface area (Å²) in [4.78, 5) is 14.2. The van der Waals surface area contributed by atoms with Gasteiger partial charge < -0.3 is 4.90 Å². The second kappa shape index (κ2) is 7.97. The molecule has 1 amide bonds. The number of carbonyl (C=O) groups is 1. The number of rotatable bonds is 8. The van der Waals surface area contributed by atoms with E-state index in [9.17, 15) is 4.79 Å². The van der Waals surface area contributed by atoms with Crippen LogP contribution in [0.2, 0.25) is 0 Å². The van der Waals surface area contributed by atoms with Gasteiger partial charge in [-0.3, -0.25) is 9.48 Å². The lowest BCUT2D eigenvalue weighted by Gasteiger charge is -2.23. The molecule has 4 nitrogen and oxygen atoms in total. The Morgan fingerprint density at radius 3 is 2.74 bits per heavy atom. The first-order valence-electron chi connectivity index (χ1n) is 7.39. The summed E-state index contributed by atoms with van der Waals surface area (Å²) < 4.78 is 1.94. The molecule has 1 aromatic heterocycles. The molecule has 1 atom stereocenters. The highest BCUT2D eigenvalue weighted by Crippen LogP contribution is 2.16. The van der Waals surface area contributed by atoms with E-state index in [-0.39, 0.29) is 11.8 Å². The Bertz CT molecular complexity index is 386. The summed E-state index contributed by atoms with van der Waals surface area (Å²) in [6, 6.07) is 1.99. The molecule has 19 heavy (non-hydrogen) atoms. The second-order valence-corrected chi connectivity index (χ2v) is 5.08. The quantitative estimate of drug-likeness (QED) is 0.724. The first kappa shape index (κ1) is 15.7. The summed E-state index contributed by atoms with van der Waals surface area (Å²) in [6.45, 7) is 7.82. The van der Waals surface area contributed by atoms with Gasteiger partial charge >= 0.3 is 0 Å². The van der Waals surface area contributed by atoms with Gasteiger partial charge in [0.05, 0.1) is 12.2 Å². The number of unbranched alkanes of at least 4 members (excludes halogenated alkanes) is 1. The van der Waals surface area contributed by atoms with Crippen molar-refractivity contribution >= 4 is 5.91 Å². The Labute approximate surface area is 116 Å². The zero-order valence-corrected chi connectivity index (χ0v) is 12.7. The average molecular weight is 265 g/mol. The topological polar surface area (TPSA) is 38.1 Å². The standard InChI is InChI=1S/C15H27N3O/c1-5-8-9-13(6-2)15(19)17(4)12-14-10-11-16-18(14)7-3/h10-11,13H,5-9,12H2,1-4H3/t13-/m1/s1. The van der Waals surface area contributed by atoms with Crippen molar-refractivity contribution in [3.8, 4) is 0 Å². The van der Waals surface area contributed by atoms with Crippen LogP contribution >= 0.6 is 0 Å². The maximum Gasteiger partial charge on any atom is 0.225 e. The smallest absolute Gasteiger partial charge is 0.225 e. The molecule has 0 aliphatic heterocycles. The first-order valence-corrected chi connectivity index (χ1v) is 7.39. The fourth-order valence-electron chi connectivity index (χ4n) is 2.36. The Balaban J connectivity index is 2.60. The molecule has 4 heteroatoms. The Hall–Kier alpha value is -1.32. The molecule has 1 heterocycles. The van der Waals surface area contributed by atoms with Crippen LogP contribution in [0.5, 0.6) is 0 Å². The summed E-state index contributed by atoms with van der Waals surface area (Å²) in [5, 5.41) is 4.24. The summed E-state index contributed by atoms with van der Waals surface area (Å²) in [5.74, 6) is 0.433. The van der Waals surface area contributed by atoms with Crippen molar-refractivity contribution in [2.45, 2.75) is 59.5 Å². The van der Waals surface area contributed by atoms with Crippen molar-refractivity contribution in [1.29, 1.82) is 0 Å². The highest BCUT2D eigenvalue weighted by atomic mass is 16.2. The lowest BCUT2D eigenvalue weighted by Crippen LogP contribution is -2.33. The lowest BCUT2D eigenvalue weighted by molar-refractivity contribution is -0.135. The first-order chi connectivity index (χ1) is 9.13. The zero-order valence-electron chi connectivity index (χ0n) is 12.7. The normalized spacial score (nSPS) is 12.4. The van der Waals surface area contributed by atoms with Crippen molar-refractivity contribution in [2.75, 3.05) is 7.05 Å². The van der Waals surface area contributed by atoms with Gasteiger partial charge in [-0.25, -0.2) is 0 Å². The molecule has 0 radical (unpaired) electrons. The van der Waals surface area contributed by atoms with Crippen LogP contribution in [0, 0.1) is 5.92 Å². The molecule has 0 saturated carbocycles. The van der Waals surface area contributed by atoms with E-state index in [1.807, 2.05) is 22.7 Å². The molecule has 0 bridgehead atoms. The number of aromatic nitrogens is 2. The maximum atomic E-state index is 12.4. The predicted octanol–water partition coefficient (Wildman–Crippen LogP) is 3.08. The fraction of sp³-hybridized carbons (Fsp3) is 0.733. The van der Waals surface area contributed by atoms with Gasteiger partial charge in [-0.05, 0) is 25.8 Å². The third-order valence-corrected chi connectivity index (χ3v) is 3.63. The van der Waals surface area contributed by atoms with E-state index in [4.69, 9.17) is 0 Å². The third-order valence-electron chi connectivity index (χ3n) is 3.63. The lowest BCUT2D eigenvalue weighted by atomic mass is 9.98. The average Bonchev–Trinajstić information content (AvgIpc) is 2.86. The van der Waals surface area contributed by atoms with Crippen LogP contribution in [0.1, 0.15) is 52.1 Å². The number of carbonyl (C=O) groups excluding carboxylic acids is 1. The Morgan fingerprint density at radius 1 is 1.42 bits per heavy atom. The number of aryl methyl sites for hydroxylation is 1. The van der Waals surface area contributed by atoms with Gasteiger partial charge in [-0.2, -0.15) is 5.10 Å². The van der Waals surface area contributed by atoms with Crippen LogP contribution < -0.4 is 0 Å². The van der Waals surface area contributed by atoms with Gasteiger partial charge in [-0.15, -0.1) is 0 Å². The van der Waals surface area contributed by atoms with E-state index in [1.165, 1.54) is 0 Å². The molecule has 0 saturated heterocycles. The summed E-state index contributed by atoms with van der Waals surface area (Å²) >= 11 is 0. The number of nitrogens with zero attached hydrogens (tertiary/aromatic N) is 3. The van der Waals surface area contributed by atoms with Gasteiger partial charge in [0.15, 0.2) is 0 Å². The molecule has 0 fully saturated rings. The fourth-order valence-corrected chi connectivity index (χ4v) is 2.36. The molecule has 1 rings (SSSR count). The van der Waals surface area contributed by atoms with Crippen LogP contribution in [-0.2, 0) is 17.9 Å². The van der Waals surface area contributed by atoms with E-state index < -0.39 is 0 Å². The summed E-state index contributed by atoms with van der Waals surface area (Å²) in [7, 11) is 1.89. The molecule has 0 unspecified atom stereocenters. The molecule has 0 aliphatic carbocycles. The van der Waals surface area contributed by atoms with Gasteiger partial charge in [0.25, 0.3) is 0 Å². The van der Waals surface area contributed by atoms with Gasteiger partial charge in [0.1, 0.15) is 0 Å². The van der Waals surface area contributed by atoms with Crippen LogP contribution in [0.25, 0.3) is 0 Å². The molecule has 0 N–H and O–H groups in total. The highest BCUT2D eigenvalue weighted by molar-refractivity contribution is 5.78. The van der Waals surface area contributed by atoms with Crippen LogP contribution in [-0.4, -0.2) is 27.6 Å². The van der Waals surface area contributed by atoms with Crippen molar-refractivity contribution in [3.63, 3.8) is 0 Å². The van der Waals surface area contributed by atoms with Crippen molar-refractivity contribution in [3.05, 3.63) is 18.0 Å². The van der Waals surface area contributed by atoms with E-state index >= 15 is 0 Å². The van der Waals surface area contributed by atoms with E-state index in [0.29, 0.717) is 6.54 Å². The van der Waals surface area contributed by atoms with Gasteiger partial charge in [0.2, 0.25) is 5.91 Å². The number of hydrogen-bond donors (Lipinski definition) is 0. The third kappa shape index (κ3) is 4.37. The second-order valence-electron chi connectivity index (χ2n) is 5.08. The summed E-state index contributed by atoms with van der Waals surface area (Å²) in [5.41, 5.74) is 1.10. The molecule has 0 aromatic carbocycles. The molecular formula is C15H27N3O. The van der Waals surface area contributed by atoms with Crippen LogP contribution in [0.3, 0.4) is 0 Å². The molecule has 0 spiro atoms. The highest BCUT2D eigenvalue weighted by Gasteiger charge is 2.20. The number of hydrogen-bond acceptors (Lipinski definition) is 2. The van der Waals surface area contributed by atoms with Gasteiger partial charge in [0, 0.05) is 25.7 Å². The zero-order chi connectivity index (χ0) is 14.3. The molecule has 108 valence electrons. The summed E-state index contributed by atoms with van der Waals surface area (Å²) in [6.07, 6.45) is 6.01. The monoisotopic (exact) mass is 265 g/mol. The SMILES string of the molecule is CCCC[C@@H](CC)C(=O)N(C)Cc1ccnn1CC. The predicted molar refractivity (Wildman–Crippen MR) is 77.7 cm³/mol. The maximum absolute atomic E-state index is 12.4. The van der Waals surface area contributed by atoms with Crippen molar-refractivity contribution in [2.24, 2.45) is 5.92 Å². The molecule has 1 aromatic rings. The Kier molecular flexibility index (Phi) is 6.60. The molecular weight excluding hydrogens is 238 g/mol. The van der Waals surface area contributed by atoms with E-state index in [1.54, 1.807) is 6.20 Å². The number of amides is 1. The minimum absolute atomic E-state index is 0.169. The van der Waals surface area contributed by atoms with Gasteiger partial charge in [-0.1, -0.05) is 26.7 Å². The largest absolute Gasteiger partial charge is 0.340 e. The minimum Gasteiger partial charge on any atom is -0.340 e.